The maximum absolute atomic E-state index is 11.5. The van der Waals surface area contributed by atoms with Gasteiger partial charge in [0.25, 0.3) is 5.91 Å². The summed E-state index contributed by atoms with van der Waals surface area (Å²) in [6.45, 7) is 4.14. The summed E-state index contributed by atoms with van der Waals surface area (Å²) in [7, 11) is 0. The fourth-order valence-corrected chi connectivity index (χ4v) is 1.28. The van der Waals surface area contributed by atoms with Gasteiger partial charge in [0.15, 0.2) is 5.69 Å². The van der Waals surface area contributed by atoms with E-state index in [0.29, 0.717) is 13.1 Å². The topological polar surface area (TPSA) is 100 Å². The number of aromatic nitrogens is 1. The molecule has 0 aliphatic rings. The smallest absolute Gasteiger partial charge is 0.321 e. The van der Waals surface area contributed by atoms with Gasteiger partial charge in [-0.15, -0.1) is 0 Å². The maximum atomic E-state index is 11.5. The summed E-state index contributed by atoms with van der Waals surface area (Å²) >= 11 is 0. The van der Waals surface area contributed by atoms with Crippen molar-refractivity contribution in [3.63, 3.8) is 0 Å². The standard InChI is InChI=1S/C10H16N4O3/c1-2-5-11-6-7-12-10(15)8-3-4-9(13-8)14(16)17/h3-4,11,13H,2,5-7H2,1H3,(H,12,15). The molecule has 1 amide bonds. The van der Waals surface area contributed by atoms with Crippen LogP contribution in [0.15, 0.2) is 12.1 Å². The second-order valence-corrected chi connectivity index (χ2v) is 3.52. The van der Waals surface area contributed by atoms with Crippen molar-refractivity contribution in [1.82, 2.24) is 15.6 Å². The first-order chi connectivity index (χ1) is 8.15. The van der Waals surface area contributed by atoms with Crippen LogP contribution in [0, 0.1) is 10.1 Å². The Balaban J connectivity index is 2.34. The Labute approximate surface area is 98.7 Å². The van der Waals surface area contributed by atoms with Crippen molar-refractivity contribution in [3.8, 4) is 0 Å². The number of rotatable bonds is 7. The lowest BCUT2D eigenvalue weighted by atomic mass is 10.4. The number of aromatic amines is 1. The van der Waals surface area contributed by atoms with Gasteiger partial charge in [0.2, 0.25) is 0 Å². The van der Waals surface area contributed by atoms with Crippen LogP contribution in [0.5, 0.6) is 0 Å². The molecule has 0 radical (unpaired) electrons. The van der Waals surface area contributed by atoms with Crippen molar-refractivity contribution < 1.29 is 9.72 Å². The van der Waals surface area contributed by atoms with E-state index in [1.807, 2.05) is 0 Å². The molecule has 0 bridgehead atoms. The number of H-pyrrole nitrogens is 1. The van der Waals surface area contributed by atoms with Crippen LogP contribution in [0.25, 0.3) is 0 Å². The summed E-state index contributed by atoms with van der Waals surface area (Å²) in [5, 5.41) is 16.2. The van der Waals surface area contributed by atoms with Gasteiger partial charge in [-0.1, -0.05) is 6.92 Å². The quantitative estimate of drug-likeness (QED) is 0.370. The molecule has 0 unspecified atom stereocenters. The lowest BCUT2D eigenvalue weighted by Crippen LogP contribution is -2.32. The highest BCUT2D eigenvalue weighted by Gasteiger charge is 2.14. The molecule has 17 heavy (non-hydrogen) atoms. The molecule has 7 heteroatoms. The second-order valence-electron chi connectivity index (χ2n) is 3.52. The van der Waals surface area contributed by atoms with Gasteiger partial charge in [-0.05, 0) is 24.0 Å². The van der Waals surface area contributed by atoms with Crippen molar-refractivity contribution in [1.29, 1.82) is 0 Å². The molecule has 1 aromatic rings. The largest absolute Gasteiger partial charge is 0.358 e. The maximum Gasteiger partial charge on any atom is 0.321 e. The highest BCUT2D eigenvalue weighted by Crippen LogP contribution is 2.09. The van der Waals surface area contributed by atoms with E-state index in [0.717, 1.165) is 13.0 Å². The van der Waals surface area contributed by atoms with Crippen LogP contribution in [0.2, 0.25) is 0 Å². The Hall–Kier alpha value is -1.89. The molecule has 1 aromatic heterocycles. The van der Waals surface area contributed by atoms with E-state index in [1.165, 1.54) is 12.1 Å². The van der Waals surface area contributed by atoms with Crippen LogP contribution in [-0.4, -0.2) is 35.4 Å². The molecule has 0 aromatic carbocycles. The first-order valence-corrected chi connectivity index (χ1v) is 5.47. The van der Waals surface area contributed by atoms with Gasteiger partial charge < -0.3 is 20.7 Å². The third kappa shape index (κ3) is 4.23. The van der Waals surface area contributed by atoms with Crippen molar-refractivity contribution in [2.24, 2.45) is 0 Å². The summed E-state index contributed by atoms with van der Waals surface area (Å²) in [6, 6.07) is 2.66. The van der Waals surface area contributed by atoms with Crippen LogP contribution >= 0.6 is 0 Å². The van der Waals surface area contributed by atoms with E-state index < -0.39 is 4.92 Å². The van der Waals surface area contributed by atoms with E-state index in [2.05, 4.69) is 22.5 Å². The third-order valence-electron chi connectivity index (χ3n) is 2.13. The minimum absolute atomic E-state index is 0.181. The average molecular weight is 240 g/mol. The summed E-state index contributed by atoms with van der Waals surface area (Å²) in [6.07, 6.45) is 1.04. The Kier molecular flexibility index (Phi) is 5.15. The van der Waals surface area contributed by atoms with Crippen LogP contribution < -0.4 is 10.6 Å². The molecule has 3 N–H and O–H groups in total. The fraction of sp³-hybridized carbons (Fsp3) is 0.500. The molecular weight excluding hydrogens is 224 g/mol. The minimum Gasteiger partial charge on any atom is -0.358 e. The first kappa shape index (κ1) is 13.2. The van der Waals surface area contributed by atoms with Gasteiger partial charge in [-0.2, -0.15) is 0 Å². The molecule has 94 valence electrons. The van der Waals surface area contributed by atoms with E-state index in [4.69, 9.17) is 0 Å². The lowest BCUT2D eigenvalue weighted by molar-refractivity contribution is -0.389. The number of nitrogens with one attached hydrogen (secondary N) is 3. The summed E-state index contributed by atoms with van der Waals surface area (Å²) in [5.74, 6) is -0.518. The highest BCUT2D eigenvalue weighted by atomic mass is 16.6. The summed E-state index contributed by atoms with van der Waals surface area (Å²) in [5.41, 5.74) is 0.201. The highest BCUT2D eigenvalue weighted by molar-refractivity contribution is 5.92. The first-order valence-electron chi connectivity index (χ1n) is 5.47. The normalized spacial score (nSPS) is 10.2. The number of nitro groups is 1. The molecule has 0 fully saturated rings. The molecule has 0 atom stereocenters. The second kappa shape index (κ2) is 6.64. The zero-order valence-electron chi connectivity index (χ0n) is 9.66. The monoisotopic (exact) mass is 240 g/mol. The Morgan fingerprint density at radius 1 is 1.41 bits per heavy atom. The Morgan fingerprint density at radius 3 is 2.76 bits per heavy atom. The van der Waals surface area contributed by atoms with Crippen LogP contribution in [0.3, 0.4) is 0 Å². The molecule has 0 saturated carbocycles. The molecule has 7 nitrogen and oxygen atoms in total. The van der Waals surface area contributed by atoms with Crippen molar-refractivity contribution in [3.05, 3.63) is 27.9 Å². The van der Waals surface area contributed by atoms with E-state index in [-0.39, 0.29) is 17.4 Å². The van der Waals surface area contributed by atoms with Crippen LogP contribution in [0.1, 0.15) is 23.8 Å². The SMILES string of the molecule is CCCNCCNC(=O)c1ccc([N+](=O)[O-])[nH]1. The molecule has 0 aliphatic heterocycles. The van der Waals surface area contributed by atoms with Gasteiger partial charge in [-0.3, -0.25) is 4.79 Å². The summed E-state index contributed by atoms with van der Waals surface area (Å²) < 4.78 is 0. The number of amides is 1. The van der Waals surface area contributed by atoms with Gasteiger partial charge in [-0.25, -0.2) is 4.98 Å². The molecule has 1 heterocycles. The number of hydrogen-bond acceptors (Lipinski definition) is 4. The molecule has 0 saturated heterocycles. The number of carbonyl (C=O) groups excluding carboxylic acids is 1. The predicted octanol–water partition coefficient (Wildman–Crippen LogP) is 0.652. The number of hydrogen-bond donors (Lipinski definition) is 3. The van der Waals surface area contributed by atoms with Gasteiger partial charge >= 0.3 is 5.82 Å². The number of nitrogens with zero attached hydrogens (tertiary/aromatic N) is 1. The average Bonchev–Trinajstić information content (AvgIpc) is 2.78. The van der Waals surface area contributed by atoms with Crippen molar-refractivity contribution >= 4 is 11.7 Å². The van der Waals surface area contributed by atoms with Gasteiger partial charge in [0.1, 0.15) is 0 Å². The van der Waals surface area contributed by atoms with Gasteiger partial charge in [0.05, 0.1) is 0 Å². The van der Waals surface area contributed by atoms with Gasteiger partial charge in [0, 0.05) is 19.2 Å². The fourth-order valence-electron chi connectivity index (χ4n) is 1.28. The molecule has 0 spiro atoms. The van der Waals surface area contributed by atoms with Crippen LogP contribution in [0.4, 0.5) is 5.82 Å². The predicted molar refractivity (Wildman–Crippen MR) is 62.9 cm³/mol. The zero-order valence-corrected chi connectivity index (χ0v) is 9.66. The molecular formula is C10H16N4O3. The van der Waals surface area contributed by atoms with Crippen molar-refractivity contribution in [2.75, 3.05) is 19.6 Å². The Morgan fingerprint density at radius 2 is 2.18 bits per heavy atom. The number of carbonyl (C=O) groups is 1. The third-order valence-corrected chi connectivity index (χ3v) is 2.13. The minimum atomic E-state index is -0.570. The molecule has 0 aliphatic carbocycles. The lowest BCUT2D eigenvalue weighted by Gasteiger charge is -2.03. The van der Waals surface area contributed by atoms with Crippen molar-refractivity contribution in [2.45, 2.75) is 13.3 Å². The van der Waals surface area contributed by atoms with E-state index in [9.17, 15) is 14.9 Å². The van der Waals surface area contributed by atoms with Crippen LogP contribution in [-0.2, 0) is 0 Å². The van der Waals surface area contributed by atoms with E-state index >= 15 is 0 Å². The Bertz CT molecular complexity index is 389. The van der Waals surface area contributed by atoms with E-state index in [1.54, 1.807) is 0 Å². The zero-order chi connectivity index (χ0) is 12.7. The molecule has 1 rings (SSSR count). The summed E-state index contributed by atoms with van der Waals surface area (Å²) in [4.78, 5) is 23.8.